The number of esters is 1. The highest BCUT2D eigenvalue weighted by atomic mass is 16.6. The Morgan fingerprint density at radius 3 is 2.41 bits per heavy atom. The number of carbonyl (C=O) groups excluding carboxylic acids is 1. The number of rotatable bonds is 3. The first-order valence-electron chi connectivity index (χ1n) is 6.27. The van der Waals surface area contributed by atoms with Gasteiger partial charge < -0.3 is 9.84 Å². The van der Waals surface area contributed by atoms with Gasteiger partial charge in [0.2, 0.25) is 0 Å². The molecule has 1 rings (SSSR count). The molecule has 0 amide bonds. The summed E-state index contributed by atoms with van der Waals surface area (Å²) in [5, 5.41) is 9.29. The minimum Gasteiger partial charge on any atom is -0.460 e. The number of hydrogen-bond donors (Lipinski definition) is 1. The molecule has 1 aliphatic heterocycles. The van der Waals surface area contributed by atoms with E-state index in [2.05, 4.69) is 0 Å². The molecule has 0 aromatic heterocycles. The summed E-state index contributed by atoms with van der Waals surface area (Å²) in [6.07, 6.45) is 1.96. The molecule has 0 bridgehead atoms. The van der Waals surface area contributed by atoms with E-state index in [1.54, 1.807) is 0 Å². The van der Waals surface area contributed by atoms with Crippen LogP contribution in [0.25, 0.3) is 0 Å². The largest absolute Gasteiger partial charge is 0.460 e. The van der Waals surface area contributed by atoms with Gasteiger partial charge in [-0.1, -0.05) is 0 Å². The lowest BCUT2D eigenvalue weighted by atomic mass is 9.83. The Hall–Kier alpha value is -0.610. The van der Waals surface area contributed by atoms with Crippen molar-refractivity contribution in [3.05, 3.63) is 0 Å². The number of aliphatic hydroxyl groups is 1. The molecule has 17 heavy (non-hydrogen) atoms. The SMILES string of the molecule is CC(C)(C)OC(=O)C(C)(C)C1CCCN1CO. The summed E-state index contributed by atoms with van der Waals surface area (Å²) in [6, 6.07) is 0.0716. The van der Waals surface area contributed by atoms with Gasteiger partial charge in [0.15, 0.2) is 0 Å². The predicted molar refractivity (Wildman–Crippen MR) is 66.4 cm³/mol. The monoisotopic (exact) mass is 243 g/mol. The quantitative estimate of drug-likeness (QED) is 0.767. The summed E-state index contributed by atoms with van der Waals surface area (Å²) < 4.78 is 5.46. The number of aliphatic hydroxyl groups excluding tert-OH is 1. The van der Waals surface area contributed by atoms with Crippen LogP contribution in [0.15, 0.2) is 0 Å². The van der Waals surface area contributed by atoms with Crippen molar-refractivity contribution in [3.8, 4) is 0 Å². The van der Waals surface area contributed by atoms with E-state index in [0.717, 1.165) is 19.4 Å². The Bertz CT molecular complexity index is 281. The molecule has 0 aromatic carbocycles. The zero-order chi connectivity index (χ0) is 13.3. The van der Waals surface area contributed by atoms with E-state index >= 15 is 0 Å². The van der Waals surface area contributed by atoms with Gasteiger partial charge in [-0.05, 0) is 47.5 Å². The van der Waals surface area contributed by atoms with Crippen LogP contribution in [0, 0.1) is 5.41 Å². The van der Waals surface area contributed by atoms with Crippen molar-refractivity contribution in [2.45, 2.75) is 59.1 Å². The maximum atomic E-state index is 12.2. The van der Waals surface area contributed by atoms with Crippen LogP contribution in [0.3, 0.4) is 0 Å². The molecule has 0 spiro atoms. The second-order valence-electron chi connectivity index (χ2n) is 6.34. The molecule has 1 N–H and O–H groups in total. The number of nitrogens with zero attached hydrogens (tertiary/aromatic N) is 1. The molecular formula is C13H25NO3. The van der Waals surface area contributed by atoms with Crippen molar-refractivity contribution < 1.29 is 14.6 Å². The minimum atomic E-state index is -0.577. The van der Waals surface area contributed by atoms with E-state index in [9.17, 15) is 9.90 Å². The van der Waals surface area contributed by atoms with Gasteiger partial charge in [0.05, 0.1) is 12.1 Å². The Morgan fingerprint density at radius 1 is 1.35 bits per heavy atom. The van der Waals surface area contributed by atoms with Gasteiger partial charge in [0.25, 0.3) is 0 Å². The topological polar surface area (TPSA) is 49.8 Å². The van der Waals surface area contributed by atoms with Crippen LogP contribution in [-0.4, -0.2) is 40.9 Å². The van der Waals surface area contributed by atoms with E-state index < -0.39 is 11.0 Å². The van der Waals surface area contributed by atoms with Crippen LogP contribution >= 0.6 is 0 Å². The van der Waals surface area contributed by atoms with Gasteiger partial charge in [-0.3, -0.25) is 9.69 Å². The Kier molecular flexibility index (Phi) is 4.20. The standard InChI is InChI=1S/C13H25NO3/c1-12(2,3)17-11(16)13(4,5)10-7-6-8-14(10)9-15/h10,15H,6-9H2,1-5H3. The summed E-state index contributed by atoms with van der Waals surface area (Å²) in [7, 11) is 0. The van der Waals surface area contributed by atoms with E-state index in [1.807, 2.05) is 39.5 Å². The Morgan fingerprint density at radius 2 is 1.94 bits per heavy atom. The van der Waals surface area contributed by atoms with Crippen molar-refractivity contribution in [2.24, 2.45) is 5.41 Å². The third-order valence-corrected chi connectivity index (χ3v) is 3.30. The molecule has 0 aromatic rings. The molecule has 4 heteroatoms. The molecule has 1 saturated heterocycles. The van der Waals surface area contributed by atoms with Crippen LogP contribution in [0.4, 0.5) is 0 Å². The van der Waals surface area contributed by atoms with Crippen molar-refractivity contribution in [3.63, 3.8) is 0 Å². The van der Waals surface area contributed by atoms with Crippen LogP contribution in [0.1, 0.15) is 47.5 Å². The molecule has 1 fully saturated rings. The maximum absolute atomic E-state index is 12.2. The molecule has 0 saturated carbocycles. The van der Waals surface area contributed by atoms with Crippen molar-refractivity contribution >= 4 is 5.97 Å². The van der Waals surface area contributed by atoms with E-state index in [4.69, 9.17) is 4.74 Å². The fourth-order valence-corrected chi connectivity index (χ4v) is 2.36. The van der Waals surface area contributed by atoms with Crippen LogP contribution in [-0.2, 0) is 9.53 Å². The third-order valence-electron chi connectivity index (χ3n) is 3.30. The van der Waals surface area contributed by atoms with Crippen LogP contribution in [0.5, 0.6) is 0 Å². The van der Waals surface area contributed by atoms with E-state index in [-0.39, 0.29) is 18.7 Å². The lowest BCUT2D eigenvalue weighted by Crippen LogP contribution is -2.48. The van der Waals surface area contributed by atoms with Gasteiger partial charge in [-0.2, -0.15) is 0 Å². The predicted octanol–water partition coefficient (Wildman–Crippen LogP) is 1.77. The van der Waals surface area contributed by atoms with Crippen molar-refractivity contribution in [1.29, 1.82) is 0 Å². The highest BCUT2D eigenvalue weighted by molar-refractivity contribution is 5.77. The van der Waals surface area contributed by atoms with Crippen molar-refractivity contribution in [2.75, 3.05) is 13.3 Å². The fraction of sp³-hybridized carbons (Fsp3) is 0.923. The first kappa shape index (κ1) is 14.5. The zero-order valence-corrected chi connectivity index (χ0v) is 11.6. The molecule has 0 radical (unpaired) electrons. The number of hydrogen-bond acceptors (Lipinski definition) is 4. The Balaban J connectivity index is 2.76. The van der Waals surface area contributed by atoms with Crippen LogP contribution in [0.2, 0.25) is 0 Å². The summed E-state index contributed by atoms with van der Waals surface area (Å²) in [5.74, 6) is -0.185. The first-order valence-corrected chi connectivity index (χ1v) is 6.27. The molecule has 1 unspecified atom stereocenters. The second-order valence-corrected chi connectivity index (χ2v) is 6.34. The zero-order valence-electron chi connectivity index (χ0n) is 11.6. The van der Waals surface area contributed by atoms with Gasteiger partial charge in [-0.15, -0.1) is 0 Å². The van der Waals surface area contributed by atoms with Gasteiger partial charge in [0.1, 0.15) is 5.60 Å². The molecule has 1 atom stereocenters. The molecular weight excluding hydrogens is 218 g/mol. The number of carbonyl (C=O) groups is 1. The average molecular weight is 243 g/mol. The smallest absolute Gasteiger partial charge is 0.313 e. The van der Waals surface area contributed by atoms with Gasteiger partial charge in [-0.25, -0.2) is 0 Å². The summed E-state index contributed by atoms with van der Waals surface area (Å²) in [6.45, 7) is 10.3. The minimum absolute atomic E-state index is 0.0108. The first-order chi connectivity index (χ1) is 7.68. The molecule has 0 aliphatic carbocycles. The fourth-order valence-electron chi connectivity index (χ4n) is 2.36. The normalized spacial score (nSPS) is 22.8. The molecule has 1 heterocycles. The van der Waals surface area contributed by atoms with E-state index in [1.165, 1.54) is 0 Å². The third kappa shape index (κ3) is 3.42. The van der Waals surface area contributed by atoms with Gasteiger partial charge >= 0.3 is 5.97 Å². The second kappa shape index (κ2) is 4.94. The summed E-state index contributed by atoms with van der Waals surface area (Å²) in [5.41, 5.74) is -1.04. The Labute approximate surface area is 104 Å². The highest BCUT2D eigenvalue weighted by Crippen LogP contribution is 2.35. The molecule has 4 nitrogen and oxygen atoms in total. The molecule has 100 valence electrons. The summed E-state index contributed by atoms with van der Waals surface area (Å²) >= 11 is 0. The highest BCUT2D eigenvalue weighted by Gasteiger charge is 2.44. The number of ether oxygens (including phenoxy) is 1. The lowest BCUT2D eigenvalue weighted by molar-refractivity contribution is -0.169. The lowest BCUT2D eigenvalue weighted by Gasteiger charge is -2.36. The summed E-state index contributed by atoms with van der Waals surface area (Å²) in [4.78, 5) is 14.1. The molecule has 1 aliphatic rings. The maximum Gasteiger partial charge on any atom is 0.313 e. The number of likely N-dealkylation sites (tertiary alicyclic amines) is 1. The average Bonchev–Trinajstić information content (AvgIpc) is 2.62. The van der Waals surface area contributed by atoms with E-state index in [0.29, 0.717) is 0 Å². The van der Waals surface area contributed by atoms with Crippen LogP contribution < -0.4 is 0 Å². The van der Waals surface area contributed by atoms with Gasteiger partial charge in [0, 0.05) is 12.6 Å². The van der Waals surface area contributed by atoms with Crippen molar-refractivity contribution in [1.82, 2.24) is 4.90 Å².